The van der Waals surface area contributed by atoms with Crippen LogP contribution >= 0.6 is 0 Å². The first-order chi connectivity index (χ1) is 14.0. The van der Waals surface area contributed by atoms with E-state index in [1.165, 1.54) is 6.39 Å². The predicted molar refractivity (Wildman–Crippen MR) is 107 cm³/mol. The fraction of sp³-hybridized carbons (Fsp3) is 0.476. The molecule has 2 heterocycles. The summed E-state index contributed by atoms with van der Waals surface area (Å²) in [5.74, 6) is 1.87. The Balaban J connectivity index is 1.52. The van der Waals surface area contributed by atoms with Gasteiger partial charge in [0.15, 0.2) is 12.1 Å². The van der Waals surface area contributed by atoms with Crippen LogP contribution in [0.5, 0.6) is 11.5 Å². The van der Waals surface area contributed by atoms with Crippen LogP contribution in [0.1, 0.15) is 41.9 Å². The van der Waals surface area contributed by atoms with Crippen LogP contribution in [0.3, 0.4) is 0 Å². The molecule has 0 radical (unpaired) electrons. The van der Waals surface area contributed by atoms with Gasteiger partial charge < -0.3 is 24.1 Å². The zero-order valence-corrected chi connectivity index (χ0v) is 17.1. The number of nitrogens with one attached hydrogen (secondary N) is 1. The van der Waals surface area contributed by atoms with E-state index in [1.807, 2.05) is 4.90 Å². The highest BCUT2D eigenvalue weighted by Crippen LogP contribution is 2.27. The lowest BCUT2D eigenvalue weighted by molar-refractivity contribution is -0.116. The molecule has 29 heavy (non-hydrogen) atoms. The fourth-order valence-electron chi connectivity index (χ4n) is 3.58. The normalized spacial score (nSPS) is 16.4. The quantitative estimate of drug-likeness (QED) is 0.765. The smallest absolute Gasteiger partial charge is 0.276 e. The van der Waals surface area contributed by atoms with Gasteiger partial charge in [0, 0.05) is 43.4 Å². The minimum absolute atomic E-state index is 0.0731. The monoisotopic (exact) mass is 401 g/mol. The molecule has 0 unspecified atom stereocenters. The van der Waals surface area contributed by atoms with E-state index < -0.39 is 0 Å². The Bertz CT molecular complexity index is 842. The maximum absolute atomic E-state index is 12.6. The van der Waals surface area contributed by atoms with Gasteiger partial charge in [0.05, 0.1) is 14.2 Å². The number of aryl methyl sites for hydroxylation is 1. The van der Waals surface area contributed by atoms with Crippen molar-refractivity contribution in [3.05, 3.63) is 36.0 Å². The van der Waals surface area contributed by atoms with Crippen LogP contribution in [-0.4, -0.2) is 49.0 Å². The second-order valence-corrected chi connectivity index (χ2v) is 7.20. The first kappa shape index (κ1) is 20.7. The number of anilines is 1. The first-order valence-corrected chi connectivity index (χ1v) is 9.72. The van der Waals surface area contributed by atoms with E-state index in [4.69, 9.17) is 13.9 Å². The molecule has 0 bridgehead atoms. The van der Waals surface area contributed by atoms with Crippen molar-refractivity contribution in [2.45, 2.75) is 32.6 Å². The van der Waals surface area contributed by atoms with Crippen molar-refractivity contribution in [3.8, 4) is 11.5 Å². The maximum Gasteiger partial charge on any atom is 0.276 e. The summed E-state index contributed by atoms with van der Waals surface area (Å²) in [5, 5.41) is 2.89. The third kappa shape index (κ3) is 5.28. The summed E-state index contributed by atoms with van der Waals surface area (Å²) in [6.45, 7) is 3.07. The zero-order chi connectivity index (χ0) is 20.8. The number of methoxy groups -OCH3 is 2. The number of ether oxygens (including phenoxy) is 2. The summed E-state index contributed by atoms with van der Waals surface area (Å²) >= 11 is 0. The van der Waals surface area contributed by atoms with E-state index in [0.29, 0.717) is 54.6 Å². The van der Waals surface area contributed by atoms with Crippen LogP contribution in [0.2, 0.25) is 0 Å². The van der Waals surface area contributed by atoms with Gasteiger partial charge in [-0.05, 0) is 32.1 Å². The minimum atomic E-state index is -0.103. The molecule has 3 rings (SSSR count). The Morgan fingerprint density at radius 1 is 1.24 bits per heavy atom. The topological polar surface area (TPSA) is 93.9 Å². The van der Waals surface area contributed by atoms with Crippen molar-refractivity contribution in [2.75, 3.05) is 32.6 Å². The SMILES string of the molecule is COc1cc(NC(=O)CC[C@@H]2CCCN(C(=O)c3ncoc3C)C2)cc(OC)c1. The highest BCUT2D eigenvalue weighted by Gasteiger charge is 2.27. The number of hydrogen-bond donors (Lipinski definition) is 1. The number of amides is 2. The standard InChI is InChI=1S/C21H27N3O5/c1-14-20(22-13-29-14)21(26)24-8-4-5-15(12-24)6-7-19(25)23-16-9-17(27-2)11-18(10-16)28-3/h9-11,13,15H,4-8,12H2,1-3H3,(H,23,25)/t15-/m0/s1. The molecule has 156 valence electrons. The van der Waals surface area contributed by atoms with Crippen LogP contribution < -0.4 is 14.8 Å². The third-order valence-electron chi connectivity index (χ3n) is 5.17. The fourth-order valence-corrected chi connectivity index (χ4v) is 3.58. The summed E-state index contributed by atoms with van der Waals surface area (Å²) in [6.07, 6.45) is 4.31. The molecule has 2 amide bonds. The molecule has 1 aliphatic rings. The van der Waals surface area contributed by atoms with E-state index in [1.54, 1.807) is 39.3 Å². The van der Waals surface area contributed by atoms with Gasteiger partial charge in [-0.15, -0.1) is 0 Å². The molecule has 1 saturated heterocycles. The predicted octanol–water partition coefficient (Wildman–Crippen LogP) is 3.27. The Hall–Kier alpha value is -3.03. The van der Waals surface area contributed by atoms with E-state index in [-0.39, 0.29) is 17.7 Å². The summed E-state index contributed by atoms with van der Waals surface area (Å²) in [5.41, 5.74) is 1.00. The number of hydrogen-bond acceptors (Lipinski definition) is 6. The maximum atomic E-state index is 12.6. The van der Waals surface area contributed by atoms with Gasteiger partial charge in [0.1, 0.15) is 17.3 Å². The van der Waals surface area contributed by atoms with Gasteiger partial charge in [-0.25, -0.2) is 4.98 Å². The van der Waals surface area contributed by atoms with Gasteiger partial charge in [-0.1, -0.05) is 0 Å². The molecule has 2 aromatic rings. The van der Waals surface area contributed by atoms with Gasteiger partial charge in [0.25, 0.3) is 5.91 Å². The number of carbonyl (C=O) groups excluding carboxylic acids is 2. The number of piperidine rings is 1. The molecule has 0 aliphatic carbocycles. The van der Waals surface area contributed by atoms with Crippen LogP contribution in [0.15, 0.2) is 29.0 Å². The molecule has 1 aliphatic heterocycles. The number of rotatable bonds is 7. The lowest BCUT2D eigenvalue weighted by Crippen LogP contribution is -2.40. The van der Waals surface area contributed by atoms with E-state index in [0.717, 1.165) is 12.8 Å². The van der Waals surface area contributed by atoms with Crippen molar-refractivity contribution < 1.29 is 23.5 Å². The van der Waals surface area contributed by atoms with Crippen LogP contribution in [-0.2, 0) is 4.79 Å². The van der Waals surface area contributed by atoms with Crippen molar-refractivity contribution in [1.29, 1.82) is 0 Å². The molecule has 1 aromatic heterocycles. The first-order valence-electron chi connectivity index (χ1n) is 9.72. The number of benzene rings is 1. The second-order valence-electron chi connectivity index (χ2n) is 7.20. The molecule has 1 aromatic carbocycles. The third-order valence-corrected chi connectivity index (χ3v) is 5.17. The second kappa shape index (κ2) is 9.45. The lowest BCUT2D eigenvalue weighted by atomic mass is 9.93. The van der Waals surface area contributed by atoms with Crippen molar-refractivity contribution in [1.82, 2.24) is 9.88 Å². The number of likely N-dealkylation sites (tertiary alicyclic amines) is 1. The molecule has 1 fully saturated rings. The van der Waals surface area contributed by atoms with E-state index in [9.17, 15) is 9.59 Å². The number of nitrogens with zero attached hydrogens (tertiary/aromatic N) is 2. The molecule has 0 saturated carbocycles. The number of oxazole rings is 1. The van der Waals surface area contributed by atoms with E-state index in [2.05, 4.69) is 10.3 Å². The molecule has 0 spiro atoms. The van der Waals surface area contributed by atoms with E-state index >= 15 is 0 Å². The molecular weight excluding hydrogens is 374 g/mol. The summed E-state index contributed by atoms with van der Waals surface area (Å²) in [7, 11) is 3.13. The Morgan fingerprint density at radius 3 is 2.59 bits per heavy atom. The lowest BCUT2D eigenvalue weighted by Gasteiger charge is -2.32. The van der Waals surface area contributed by atoms with Crippen LogP contribution in [0.25, 0.3) is 0 Å². The molecule has 8 heteroatoms. The van der Waals surface area contributed by atoms with Crippen LogP contribution in [0, 0.1) is 12.8 Å². The largest absolute Gasteiger partial charge is 0.497 e. The highest BCUT2D eigenvalue weighted by atomic mass is 16.5. The van der Waals surface area contributed by atoms with Gasteiger partial charge in [-0.3, -0.25) is 9.59 Å². The van der Waals surface area contributed by atoms with Gasteiger partial charge in [-0.2, -0.15) is 0 Å². The average molecular weight is 401 g/mol. The minimum Gasteiger partial charge on any atom is -0.497 e. The summed E-state index contributed by atoms with van der Waals surface area (Å²) in [4.78, 5) is 30.9. The molecule has 1 N–H and O–H groups in total. The highest BCUT2D eigenvalue weighted by molar-refractivity contribution is 5.93. The summed E-state index contributed by atoms with van der Waals surface area (Å²) < 4.78 is 15.6. The van der Waals surface area contributed by atoms with Gasteiger partial charge in [0.2, 0.25) is 5.91 Å². The number of aromatic nitrogens is 1. The van der Waals surface area contributed by atoms with Crippen molar-refractivity contribution >= 4 is 17.5 Å². The molecule has 8 nitrogen and oxygen atoms in total. The summed E-state index contributed by atoms with van der Waals surface area (Å²) in [6, 6.07) is 5.25. The number of carbonyl (C=O) groups is 2. The Labute approximate surface area is 170 Å². The van der Waals surface area contributed by atoms with Gasteiger partial charge >= 0.3 is 0 Å². The van der Waals surface area contributed by atoms with Crippen molar-refractivity contribution in [3.63, 3.8) is 0 Å². The Kier molecular flexibility index (Phi) is 6.74. The van der Waals surface area contributed by atoms with Crippen molar-refractivity contribution in [2.24, 2.45) is 5.92 Å². The molecular formula is C21H27N3O5. The zero-order valence-electron chi connectivity index (χ0n) is 17.1. The Morgan fingerprint density at radius 2 is 1.97 bits per heavy atom. The molecule has 1 atom stereocenters. The average Bonchev–Trinajstić information content (AvgIpc) is 3.17. The van der Waals surface area contributed by atoms with Crippen LogP contribution in [0.4, 0.5) is 5.69 Å².